The molecule has 0 spiro atoms. The largest absolute Gasteiger partial charge is 0.310 e. The van der Waals surface area contributed by atoms with Crippen LogP contribution in [0.15, 0.2) is 24.3 Å². The van der Waals surface area contributed by atoms with E-state index in [1.165, 1.54) is 6.07 Å². The molecule has 0 aliphatic heterocycles. The Morgan fingerprint density at radius 3 is 2.67 bits per heavy atom. The van der Waals surface area contributed by atoms with E-state index in [4.69, 9.17) is 0 Å². The lowest BCUT2D eigenvalue weighted by Gasteiger charge is -2.12. The number of halogens is 1. The summed E-state index contributed by atoms with van der Waals surface area (Å²) in [4.78, 5) is 0. The highest BCUT2D eigenvalue weighted by atomic mass is 19.1. The molecule has 12 heavy (non-hydrogen) atoms. The lowest BCUT2D eigenvalue weighted by Crippen LogP contribution is -2.18. The van der Waals surface area contributed by atoms with Crippen LogP contribution in [0.25, 0.3) is 0 Å². The molecule has 0 heterocycles. The standard InChI is InChI=1S/C10H14FN/c1-3-12-8(2)9-6-4-5-7-10(9)11/h4-8,12H,3H2,1-2H3. The maximum atomic E-state index is 13.1. The Hall–Kier alpha value is -0.890. The van der Waals surface area contributed by atoms with E-state index in [-0.39, 0.29) is 11.9 Å². The minimum absolute atomic E-state index is 0.0937. The van der Waals surface area contributed by atoms with Gasteiger partial charge in [0, 0.05) is 11.6 Å². The van der Waals surface area contributed by atoms with E-state index in [1.54, 1.807) is 6.07 Å². The van der Waals surface area contributed by atoms with Crippen LogP contribution < -0.4 is 5.32 Å². The molecule has 0 saturated heterocycles. The van der Waals surface area contributed by atoms with Crippen LogP contribution in [0.2, 0.25) is 0 Å². The van der Waals surface area contributed by atoms with Crippen LogP contribution in [-0.2, 0) is 0 Å². The molecule has 1 atom stereocenters. The van der Waals surface area contributed by atoms with Crippen molar-refractivity contribution < 1.29 is 4.39 Å². The van der Waals surface area contributed by atoms with E-state index < -0.39 is 0 Å². The number of hydrogen-bond acceptors (Lipinski definition) is 1. The molecule has 1 aromatic rings. The fraction of sp³-hybridized carbons (Fsp3) is 0.400. The maximum Gasteiger partial charge on any atom is 0.127 e. The molecule has 66 valence electrons. The van der Waals surface area contributed by atoms with E-state index in [0.717, 1.165) is 12.1 Å². The minimum atomic E-state index is -0.133. The van der Waals surface area contributed by atoms with Gasteiger partial charge in [-0.25, -0.2) is 4.39 Å². The van der Waals surface area contributed by atoms with Gasteiger partial charge in [0.2, 0.25) is 0 Å². The molecule has 0 aliphatic carbocycles. The van der Waals surface area contributed by atoms with Crippen molar-refractivity contribution in [1.29, 1.82) is 0 Å². The Bertz CT molecular complexity index is 247. The Morgan fingerprint density at radius 1 is 1.42 bits per heavy atom. The zero-order chi connectivity index (χ0) is 8.97. The third kappa shape index (κ3) is 2.05. The van der Waals surface area contributed by atoms with Crippen LogP contribution in [0.3, 0.4) is 0 Å². The van der Waals surface area contributed by atoms with Crippen molar-refractivity contribution in [2.75, 3.05) is 6.54 Å². The van der Waals surface area contributed by atoms with E-state index in [2.05, 4.69) is 5.32 Å². The second-order valence-electron chi connectivity index (χ2n) is 2.80. The number of hydrogen-bond donors (Lipinski definition) is 1. The van der Waals surface area contributed by atoms with Crippen molar-refractivity contribution in [3.05, 3.63) is 35.6 Å². The molecule has 0 amide bonds. The van der Waals surface area contributed by atoms with Gasteiger partial charge < -0.3 is 5.32 Å². The summed E-state index contributed by atoms with van der Waals surface area (Å²) in [5.41, 5.74) is 0.736. The first kappa shape index (κ1) is 9.20. The molecule has 0 aromatic heterocycles. The van der Waals surface area contributed by atoms with Crippen LogP contribution in [0.5, 0.6) is 0 Å². The normalized spacial score (nSPS) is 12.9. The number of benzene rings is 1. The van der Waals surface area contributed by atoms with Gasteiger partial charge in [0.05, 0.1) is 0 Å². The summed E-state index contributed by atoms with van der Waals surface area (Å²) >= 11 is 0. The van der Waals surface area contributed by atoms with Crippen LogP contribution in [-0.4, -0.2) is 6.54 Å². The summed E-state index contributed by atoms with van der Waals surface area (Å²) in [7, 11) is 0. The lowest BCUT2D eigenvalue weighted by molar-refractivity contribution is 0.541. The second kappa shape index (κ2) is 4.21. The summed E-state index contributed by atoms with van der Waals surface area (Å²) in [5, 5.41) is 3.16. The molecule has 1 N–H and O–H groups in total. The van der Waals surface area contributed by atoms with Gasteiger partial charge in [0.15, 0.2) is 0 Å². The molecule has 0 aliphatic rings. The van der Waals surface area contributed by atoms with Gasteiger partial charge in [-0.15, -0.1) is 0 Å². The molecular weight excluding hydrogens is 153 g/mol. The summed E-state index contributed by atoms with van der Waals surface area (Å²) < 4.78 is 13.1. The molecule has 0 fully saturated rings. The van der Waals surface area contributed by atoms with E-state index in [1.807, 2.05) is 26.0 Å². The van der Waals surface area contributed by atoms with Gasteiger partial charge in [-0.05, 0) is 19.5 Å². The monoisotopic (exact) mass is 167 g/mol. The number of rotatable bonds is 3. The second-order valence-corrected chi connectivity index (χ2v) is 2.80. The van der Waals surface area contributed by atoms with Gasteiger partial charge in [0.1, 0.15) is 5.82 Å². The lowest BCUT2D eigenvalue weighted by atomic mass is 10.1. The Labute approximate surface area is 72.6 Å². The van der Waals surface area contributed by atoms with E-state index in [0.29, 0.717) is 0 Å². The molecular formula is C10H14FN. The van der Waals surface area contributed by atoms with E-state index in [9.17, 15) is 4.39 Å². The highest BCUT2D eigenvalue weighted by Crippen LogP contribution is 2.15. The van der Waals surface area contributed by atoms with Crippen molar-refractivity contribution in [2.24, 2.45) is 0 Å². The first-order chi connectivity index (χ1) is 5.75. The van der Waals surface area contributed by atoms with Crippen LogP contribution in [0.1, 0.15) is 25.5 Å². The van der Waals surface area contributed by atoms with Gasteiger partial charge in [-0.3, -0.25) is 0 Å². The quantitative estimate of drug-likeness (QED) is 0.729. The Morgan fingerprint density at radius 2 is 2.08 bits per heavy atom. The van der Waals surface area contributed by atoms with Crippen molar-refractivity contribution in [3.8, 4) is 0 Å². The fourth-order valence-electron chi connectivity index (χ4n) is 1.24. The van der Waals surface area contributed by atoms with E-state index >= 15 is 0 Å². The van der Waals surface area contributed by atoms with Crippen molar-refractivity contribution in [2.45, 2.75) is 19.9 Å². The van der Waals surface area contributed by atoms with Gasteiger partial charge in [-0.2, -0.15) is 0 Å². The van der Waals surface area contributed by atoms with Crippen LogP contribution in [0, 0.1) is 5.82 Å². The number of nitrogens with one attached hydrogen (secondary N) is 1. The fourth-order valence-corrected chi connectivity index (χ4v) is 1.24. The molecule has 1 nitrogen and oxygen atoms in total. The summed E-state index contributed by atoms with van der Waals surface area (Å²) in [6, 6.07) is 6.95. The summed E-state index contributed by atoms with van der Waals surface area (Å²) in [5.74, 6) is -0.133. The van der Waals surface area contributed by atoms with Crippen molar-refractivity contribution >= 4 is 0 Å². The molecule has 1 unspecified atom stereocenters. The molecule has 1 aromatic carbocycles. The zero-order valence-electron chi connectivity index (χ0n) is 7.47. The predicted octanol–water partition coefficient (Wildman–Crippen LogP) is 2.50. The summed E-state index contributed by atoms with van der Waals surface area (Å²) in [6.07, 6.45) is 0. The predicted molar refractivity (Wildman–Crippen MR) is 48.5 cm³/mol. The highest BCUT2D eigenvalue weighted by Gasteiger charge is 2.07. The minimum Gasteiger partial charge on any atom is -0.310 e. The molecule has 0 bridgehead atoms. The Kier molecular flexibility index (Phi) is 3.23. The van der Waals surface area contributed by atoms with Crippen molar-refractivity contribution in [3.63, 3.8) is 0 Å². The Balaban J connectivity index is 2.79. The van der Waals surface area contributed by atoms with Gasteiger partial charge in [-0.1, -0.05) is 25.1 Å². The third-order valence-electron chi connectivity index (χ3n) is 1.88. The topological polar surface area (TPSA) is 12.0 Å². The first-order valence-corrected chi connectivity index (χ1v) is 4.23. The smallest absolute Gasteiger partial charge is 0.127 e. The maximum absolute atomic E-state index is 13.1. The SMILES string of the molecule is CCNC(C)c1ccccc1F. The summed E-state index contributed by atoms with van der Waals surface area (Å²) in [6.45, 7) is 4.83. The molecule has 1 rings (SSSR count). The van der Waals surface area contributed by atoms with Crippen LogP contribution in [0.4, 0.5) is 4.39 Å². The highest BCUT2D eigenvalue weighted by molar-refractivity contribution is 5.20. The molecule has 0 saturated carbocycles. The average Bonchev–Trinajstić information content (AvgIpc) is 2.05. The van der Waals surface area contributed by atoms with Crippen molar-refractivity contribution in [1.82, 2.24) is 5.32 Å². The van der Waals surface area contributed by atoms with Gasteiger partial charge in [0.25, 0.3) is 0 Å². The third-order valence-corrected chi connectivity index (χ3v) is 1.88. The van der Waals surface area contributed by atoms with Gasteiger partial charge >= 0.3 is 0 Å². The molecule has 0 radical (unpaired) electrons. The first-order valence-electron chi connectivity index (χ1n) is 4.23. The zero-order valence-corrected chi connectivity index (χ0v) is 7.47. The average molecular weight is 167 g/mol. The van der Waals surface area contributed by atoms with Crippen LogP contribution >= 0.6 is 0 Å². The molecule has 2 heteroatoms.